The van der Waals surface area contributed by atoms with E-state index in [1.54, 1.807) is 30.3 Å². The highest BCUT2D eigenvalue weighted by Crippen LogP contribution is 2.24. The summed E-state index contributed by atoms with van der Waals surface area (Å²) in [5, 5.41) is 3.60. The van der Waals surface area contributed by atoms with Gasteiger partial charge >= 0.3 is 0 Å². The summed E-state index contributed by atoms with van der Waals surface area (Å²) >= 11 is 5.93. The van der Waals surface area contributed by atoms with Gasteiger partial charge in [0.2, 0.25) is 5.91 Å². The highest BCUT2D eigenvalue weighted by Gasteiger charge is 2.32. The fourth-order valence-electron chi connectivity index (χ4n) is 3.19. The van der Waals surface area contributed by atoms with Crippen LogP contribution in [0, 0.1) is 5.92 Å². The van der Waals surface area contributed by atoms with E-state index in [-0.39, 0.29) is 28.6 Å². The van der Waals surface area contributed by atoms with Crippen LogP contribution < -0.4 is 10.0 Å². The van der Waals surface area contributed by atoms with E-state index in [2.05, 4.69) is 15.0 Å². The fraction of sp³-hybridized carbons (Fsp3) is 0.333. The van der Waals surface area contributed by atoms with Gasteiger partial charge in [0, 0.05) is 10.6 Å². The number of hydrogen-bond donors (Lipinski definition) is 2. The number of amides is 1. The number of rotatable bonds is 6. The molecule has 2 aromatic rings. The molecule has 0 spiro atoms. The molecule has 0 bridgehead atoms. The molecule has 0 fully saturated rings. The molecule has 0 saturated heterocycles. The number of aliphatic imine (C=N–C) groups is 1. The minimum atomic E-state index is -3.65. The van der Waals surface area contributed by atoms with Crippen molar-refractivity contribution >= 4 is 33.4 Å². The molecule has 8 heteroatoms. The van der Waals surface area contributed by atoms with Crippen molar-refractivity contribution in [2.45, 2.75) is 44.2 Å². The van der Waals surface area contributed by atoms with Gasteiger partial charge < -0.3 is 5.32 Å². The van der Waals surface area contributed by atoms with Gasteiger partial charge in [0.25, 0.3) is 10.0 Å². The highest BCUT2D eigenvalue weighted by molar-refractivity contribution is 7.90. The van der Waals surface area contributed by atoms with Crippen LogP contribution in [0.25, 0.3) is 0 Å². The molecule has 154 valence electrons. The Hall–Kier alpha value is -2.38. The molecule has 1 aliphatic heterocycles. The number of nitrogens with zero attached hydrogens (tertiary/aromatic N) is 1. The van der Waals surface area contributed by atoms with Crippen LogP contribution in [0.4, 0.5) is 0 Å². The first-order valence-corrected chi connectivity index (χ1v) is 11.3. The van der Waals surface area contributed by atoms with Crippen molar-refractivity contribution in [3.8, 4) is 0 Å². The second-order valence-corrected chi connectivity index (χ2v) is 9.59. The van der Waals surface area contributed by atoms with Crippen LogP contribution in [-0.4, -0.2) is 26.2 Å². The third-order valence-corrected chi connectivity index (χ3v) is 6.32. The summed E-state index contributed by atoms with van der Waals surface area (Å²) in [6.07, 6.45) is 0.493. The Morgan fingerprint density at radius 3 is 2.41 bits per heavy atom. The number of sulfonamides is 1. The Bertz CT molecular complexity index is 1030. The molecule has 0 radical (unpaired) electrons. The van der Waals surface area contributed by atoms with Gasteiger partial charge in [-0.15, -0.1) is 0 Å². The van der Waals surface area contributed by atoms with Crippen molar-refractivity contribution in [2.75, 3.05) is 0 Å². The Morgan fingerprint density at radius 2 is 1.76 bits per heavy atom. The van der Waals surface area contributed by atoms with Gasteiger partial charge in [-0.2, -0.15) is 0 Å². The topological polar surface area (TPSA) is 87.6 Å². The number of carbonyl (C=O) groups excluding carboxylic acids is 1. The van der Waals surface area contributed by atoms with Crippen molar-refractivity contribution < 1.29 is 13.2 Å². The molecule has 0 saturated carbocycles. The first kappa shape index (κ1) is 21.3. The average molecular weight is 434 g/mol. The van der Waals surface area contributed by atoms with Crippen molar-refractivity contribution in [1.82, 2.24) is 10.0 Å². The van der Waals surface area contributed by atoms with E-state index in [1.165, 1.54) is 6.07 Å². The van der Waals surface area contributed by atoms with Gasteiger partial charge in [-0.25, -0.2) is 8.42 Å². The van der Waals surface area contributed by atoms with Crippen molar-refractivity contribution in [1.29, 1.82) is 0 Å². The molecular formula is C21H24ClN3O3S. The molecule has 2 atom stereocenters. The second kappa shape index (κ2) is 8.55. The number of hydrogen-bond acceptors (Lipinski definition) is 4. The summed E-state index contributed by atoms with van der Waals surface area (Å²) in [5.74, 6) is 0.159. The maximum Gasteiger partial charge on any atom is 0.263 e. The Kier molecular flexibility index (Phi) is 6.29. The standard InChI is InChI=1S/C21H24ClN3O3S/c1-13(2)12-18(21(26)23-14(3)15-8-10-16(22)11-9-15)24-20-17-6-4-5-7-19(17)29(27,28)25-20/h4-11,13-14,18H,12H2,1-3H3,(H,23,26)(H,24,25). The molecule has 2 N–H and O–H groups in total. The third kappa shape index (κ3) is 4.97. The number of halogens is 1. The minimum absolute atomic E-state index is 0.178. The highest BCUT2D eigenvalue weighted by atomic mass is 35.5. The zero-order chi connectivity index (χ0) is 21.2. The lowest BCUT2D eigenvalue weighted by Gasteiger charge is -2.20. The number of amidine groups is 1. The molecule has 1 amide bonds. The second-order valence-electron chi connectivity index (χ2n) is 7.51. The zero-order valence-electron chi connectivity index (χ0n) is 16.5. The predicted octanol–water partition coefficient (Wildman–Crippen LogP) is 3.67. The summed E-state index contributed by atoms with van der Waals surface area (Å²) in [4.78, 5) is 17.7. The molecule has 0 aliphatic carbocycles. The summed E-state index contributed by atoms with van der Waals surface area (Å²) < 4.78 is 27.1. The molecule has 2 unspecified atom stereocenters. The molecule has 1 heterocycles. The number of fused-ring (bicyclic) bond motifs is 1. The first-order valence-electron chi connectivity index (χ1n) is 9.43. The molecule has 29 heavy (non-hydrogen) atoms. The monoisotopic (exact) mass is 433 g/mol. The number of benzene rings is 2. The lowest BCUT2D eigenvalue weighted by Crippen LogP contribution is -2.37. The normalized spacial score (nSPS) is 18.2. The molecular weight excluding hydrogens is 410 g/mol. The van der Waals surface area contributed by atoms with E-state index < -0.39 is 16.1 Å². The number of carbonyl (C=O) groups is 1. The predicted molar refractivity (Wildman–Crippen MR) is 115 cm³/mol. The SMILES string of the molecule is CC(C)CC(N=C1NS(=O)(=O)c2ccccc21)C(=O)NC(C)c1ccc(Cl)cc1. The summed E-state index contributed by atoms with van der Waals surface area (Å²) in [6.45, 7) is 5.88. The van der Waals surface area contributed by atoms with Crippen LogP contribution in [-0.2, 0) is 14.8 Å². The molecule has 0 aromatic heterocycles. The Labute approximate surface area is 176 Å². The minimum Gasteiger partial charge on any atom is -0.348 e. The zero-order valence-corrected chi connectivity index (χ0v) is 18.1. The van der Waals surface area contributed by atoms with Crippen molar-refractivity contribution in [2.24, 2.45) is 10.9 Å². The smallest absolute Gasteiger partial charge is 0.263 e. The Morgan fingerprint density at radius 1 is 1.10 bits per heavy atom. The first-order chi connectivity index (χ1) is 13.7. The van der Waals surface area contributed by atoms with E-state index >= 15 is 0 Å². The van der Waals surface area contributed by atoms with Crippen LogP contribution in [0.1, 0.15) is 44.4 Å². The van der Waals surface area contributed by atoms with Gasteiger partial charge in [0.1, 0.15) is 11.9 Å². The van der Waals surface area contributed by atoms with Gasteiger partial charge in [-0.3, -0.25) is 14.5 Å². The summed E-state index contributed by atoms with van der Waals surface area (Å²) in [6, 6.07) is 12.9. The number of nitrogens with one attached hydrogen (secondary N) is 2. The lowest BCUT2D eigenvalue weighted by molar-refractivity contribution is -0.123. The summed E-state index contributed by atoms with van der Waals surface area (Å²) in [5.41, 5.74) is 1.41. The summed E-state index contributed by atoms with van der Waals surface area (Å²) in [7, 11) is -3.65. The maximum atomic E-state index is 13.0. The van der Waals surface area contributed by atoms with Crippen LogP contribution in [0.15, 0.2) is 58.4 Å². The third-order valence-electron chi connectivity index (χ3n) is 4.67. The molecule has 1 aliphatic rings. The largest absolute Gasteiger partial charge is 0.348 e. The Balaban J connectivity index is 1.86. The van der Waals surface area contributed by atoms with E-state index in [0.29, 0.717) is 17.0 Å². The van der Waals surface area contributed by atoms with Crippen LogP contribution in [0.5, 0.6) is 0 Å². The van der Waals surface area contributed by atoms with Gasteiger partial charge in [0.15, 0.2) is 0 Å². The quantitative estimate of drug-likeness (QED) is 0.728. The molecule has 6 nitrogen and oxygen atoms in total. The van der Waals surface area contributed by atoms with E-state index in [9.17, 15) is 13.2 Å². The lowest BCUT2D eigenvalue weighted by atomic mass is 10.0. The van der Waals surface area contributed by atoms with Crippen LogP contribution in [0.2, 0.25) is 5.02 Å². The van der Waals surface area contributed by atoms with Crippen LogP contribution in [0.3, 0.4) is 0 Å². The molecule has 3 rings (SSSR count). The van der Waals surface area contributed by atoms with Gasteiger partial charge in [-0.05, 0) is 49.1 Å². The van der Waals surface area contributed by atoms with Crippen molar-refractivity contribution in [3.05, 3.63) is 64.7 Å². The fourth-order valence-corrected chi connectivity index (χ4v) is 4.56. The average Bonchev–Trinajstić information content (AvgIpc) is 2.92. The van der Waals surface area contributed by atoms with Gasteiger partial charge in [0.05, 0.1) is 10.9 Å². The van der Waals surface area contributed by atoms with Crippen LogP contribution >= 0.6 is 11.6 Å². The van der Waals surface area contributed by atoms with Crippen molar-refractivity contribution in [3.63, 3.8) is 0 Å². The maximum absolute atomic E-state index is 13.0. The molecule has 2 aromatic carbocycles. The van der Waals surface area contributed by atoms with Gasteiger partial charge in [-0.1, -0.05) is 49.7 Å². The van der Waals surface area contributed by atoms with E-state index in [0.717, 1.165) is 5.56 Å². The van der Waals surface area contributed by atoms with E-state index in [4.69, 9.17) is 11.6 Å². The van der Waals surface area contributed by atoms with E-state index in [1.807, 2.05) is 32.9 Å².